The number of rotatable bonds is 2. The van der Waals surface area contributed by atoms with Gasteiger partial charge in [-0.05, 0) is 23.8 Å². The predicted octanol–water partition coefficient (Wildman–Crippen LogP) is 2.30. The van der Waals surface area contributed by atoms with Crippen LogP contribution in [-0.2, 0) is 0 Å². The van der Waals surface area contributed by atoms with Crippen LogP contribution >= 0.6 is 11.6 Å². The van der Waals surface area contributed by atoms with Crippen LogP contribution in [0.5, 0.6) is 0 Å². The maximum atomic E-state index is 12.1. The summed E-state index contributed by atoms with van der Waals surface area (Å²) in [5, 5.41) is 9.40. The number of H-pyrrole nitrogens is 1. The number of nitriles is 1. The van der Waals surface area contributed by atoms with Crippen LogP contribution in [0, 0.1) is 11.3 Å². The number of aromatic amines is 1. The quantitative estimate of drug-likeness (QED) is 0.735. The molecule has 3 rings (SSSR count). The van der Waals surface area contributed by atoms with Crippen LogP contribution in [0.4, 0.5) is 0 Å². The molecule has 2 heterocycles. The van der Waals surface area contributed by atoms with Gasteiger partial charge in [-0.1, -0.05) is 11.6 Å². The second kappa shape index (κ2) is 5.23. The number of halogens is 1. The van der Waals surface area contributed by atoms with Gasteiger partial charge in [-0.15, -0.1) is 0 Å². The zero-order valence-corrected chi connectivity index (χ0v) is 11.4. The van der Waals surface area contributed by atoms with E-state index in [1.807, 2.05) is 6.07 Å². The fourth-order valence-corrected chi connectivity index (χ4v) is 2.16. The van der Waals surface area contributed by atoms with E-state index in [4.69, 9.17) is 16.9 Å². The van der Waals surface area contributed by atoms with Crippen molar-refractivity contribution in [2.75, 3.05) is 0 Å². The molecule has 0 unspecified atom stereocenters. The highest BCUT2D eigenvalue weighted by Crippen LogP contribution is 2.22. The van der Waals surface area contributed by atoms with E-state index in [-0.39, 0.29) is 5.56 Å². The van der Waals surface area contributed by atoms with Gasteiger partial charge in [0.05, 0.1) is 17.0 Å². The Morgan fingerprint density at radius 1 is 1.43 bits per heavy atom. The summed E-state index contributed by atoms with van der Waals surface area (Å²) in [4.78, 5) is 23.1. The van der Waals surface area contributed by atoms with E-state index in [1.165, 1.54) is 12.4 Å². The Bertz CT molecular complexity index is 934. The summed E-state index contributed by atoms with van der Waals surface area (Å²) >= 11 is 6.15. The summed E-state index contributed by atoms with van der Waals surface area (Å²) in [6.45, 7) is 0. The number of nitrogens with zero attached hydrogens (tertiary/aromatic N) is 4. The van der Waals surface area contributed by atoms with Crippen molar-refractivity contribution in [1.82, 2.24) is 19.5 Å². The van der Waals surface area contributed by atoms with Crippen LogP contribution < -0.4 is 5.56 Å². The minimum absolute atomic E-state index is 0.362. The number of allylic oxidation sites excluding steroid dienone is 1. The Morgan fingerprint density at radius 3 is 3.00 bits per heavy atom. The van der Waals surface area contributed by atoms with Crippen molar-refractivity contribution in [3.8, 4) is 12.0 Å². The van der Waals surface area contributed by atoms with Gasteiger partial charge in [0.25, 0.3) is 5.56 Å². The normalized spacial score (nSPS) is 11.0. The lowest BCUT2D eigenvalue weighted by Crippen LogP contribution is -2.13. The maximum Gasteiger partial charge on any atom is 0.282 e. The van der Waals surface area contributed by atoms with Gasteiger partial charge in [0.2, 0.25) is 5.95 Å². The minimum Gasteiger partial charge on any atom is -0.324 e. The monoisotopic (exact) mass is 297 g/mol. The van der Waals surface area contributed by atoms with Crippen molar-refractivity contribution in [2.24, 2.45) is 0 Å². The SMILES string of the molecule is N#C/C=C/c1cc2c(=O)nc(-n3ccnc3)[nH]c2cc1Cl. The molecule has 0 amide bonds. The van der Waals surface area contributed by atoms with E-state index in [2.05, 4.69) is 15.0 Å². The van der Waals surface area contributed by atoms with Gasteiger partial charge < -0.3 is 4.98 Å². The van der Waals surface area contributed by atoms with E-state index in [0.29, 0.717) is 27.4 Å². The molecular formula is C14H8ClN5O. The Morgan fingerprint density at radius 2 is 2.29 bits per heavy atom. The van der Waals surface area contributed by atoms with Crippen molar-refractivity contribution in [2.45, 2.75) is 0 Å². The van der Waals surface area contributed by atoms with Crippen molar-refractivity contribution >= 4 is 28.6 Å². The highest BCUT2D eigenvalue weighted by Gasteiger charge is 2.08. The van der Waals surface area contributed by atoms with Gasteiger partial charge in [0.15, 0.2) is 0 Å². The third kappa shape index (κ3) is 2.42. The van der Waals surface area contributed by atoms with Crippen LogP contribution in [0.25, 0.3) is 22.9 Å². The lowest BCUT2D eigenvalue weighted by molar-refractivity contribution is 0.929. The van der Waals surface area contributed by atoms with Crippen molar-refractivity contribution < 1.29 is 0 Å². The number of imidazole rings is 1. The van der Waals surface area contributed by atoms with Crippen LogP contribution in [0.1, 0.15) is 5.56 Å². The molecule has 2 aromatic heterocycles. The van der Waals surface area contributed by atoms with E-state index in [9.17, 15) is 4.79 Å². The lowest BCUT2D eigenvalue weighted by atomic mass is 10.1. The lowest BCUT2D eigenvalue weighted by Gasteiger charge is -2.05. The maximum absolute atomic E-state index is 12.1. The Hall–Kier alpha value is -2.91. The third-order valence-corrected chi connectivity index (χ3v) is 3.23. The third-order valence-electron chi connectivity index (χ3n) is 2.91. The Balaban J connectivity index is 2.24. The number of nitrogens with one attached hydrogen (secondary N) is 1. The first-order valence-electron chi connectivity index (χ1n) is 5.97. The minimum atomic E-state index is -0.379. The molecule has 0 aliphatic carbocycles. The molecule has 0 atom stereocenters. The van der Waals surface area contributed by atoms with Crippen molar-refractivity contribution in [3.63, 3.8) is 0 Å². The Labute approximate surface area is 124 Å². The molecule has 0 radical (unpaired) electrons. The number of benzene rings is 1. The number of fused-ring (bicyclic) bond motifs is 1. The molecule has 0 bridgehead atoms. The van der Waals surface area contributed by atoms with Gasteiger partial charge in [0, 0.05) is 23.5 Å². The molecule has 1 aromatic carbocycles. The zero-order valence-electron chi connectivity index (χ0n) is 10.6. The second-order valence-electron chi connectivity index (χ2n) is 4.22. The van der Waals surface area contributed by atoms with Gasteiger partial charge in [-0.2, -0.15) is 10.2 Å². The molecule has 3 aromatic rings. The average Bonchev–Trinajstić information content (AvgIpc) is 2.99. The van der Waals surface area contributed by atoms with Crippen LogP contribution in [0.15, 0.2) is 41.7 Å². The largest absolute Gasteiger partial charge is 0.324 e. The van der Waals surface area contributed by atoms with Gasteiger partial charge in [-0.3, -0.25) is 9.36 Å². The van der Waals surface area contributed by atoms with Crippen LogP contribution in [-0.4, -0.2) is 19.5 Å². The summed E-state index contributed by atoms with van der Waals surface area (Å²) < 4.78 is 1.60. The van der Waals surface area contributed by atoms with Crippen LogP contribution in [0.2, 0.25) is 5.02 Å². The molecule has 0 saturated heterocycles. The first-order chi connectivity index (χ1) is 10.2. The summed E-state index contributed by atoms with van der Waals surface area (Å²) in [6, 6.07) is 5.13. The Kier molecular flexibility index (Phi) is 3.26. The second-order valence-corrected chi connectivity index (χ2v) is 4.62. The zero-order chi connectivity index (χ0) is 14.8. The number of aromatic nitrogens is 4. The molecule has 21 heavy (non-hydrogen) atoms. The molecule has 0 saturated carbocycles. The predicted molar refractivity (Wildman–Crippen MR) is 79.1 cm³/mol. The molecule has 0 spiro atoms. The standard InChI is InChI=1S/C14H8ClN5O/c15-11-7-12-10(6-9(11)2-1-3-16)13(21)19-14(18-12)20-5-4-17-8-20/h1-2,4-8H,(H,18,19,21)/b2-1+. The highest BCUT2D eigenvalue weighted by atomic mass is 35.5. The molecule has 0 aliphatic rings. The van der Waals surface area contributed by atoms with Crippen LogP contribution in [0.3, 0.4) is 0 Å². The molecule has 102 valence electrons. The molecule has 0 aliphatic heterocycles. The van der Waals surface area contributed by atoms with Gasteiger partial charge in [0.1, 0.15) is 6.33 Å². The van der Waals surface area contributed by atoms with Crippen molar-refractivity contribution in [1.29, 1.82) is 5.26 Å². The van der Waals surface area contributed by atoms with E-state index in [0.717, 1.165) is 0 Å². The van der Waals surface area contributed by atoms with Crippen molar-refractivity contribution in [3.05, 3.63) is 57.9 Å². The van der Waals surface area contributed by atoms with Gasteiger partial charge in [-0.25, -0.2) is 4.98 Å². The summed E-state index contributed by atoms with van der Waals surface area (Å²) in [7, 11) is 0. The van der Waals surface area contributed by atoms with E-state index in [1.54, 1.807) is 35.2 Å². The van der Waals surface area contributed by atoms with E-state index < -0.39 is 0 Å². The first-order valence-corrected chi connectivity index (χ1v) is 6.35. The summed E-state index contributed by atoms with van der Waals surface area (Å²) in [6.07, 6.45) is 7.65. The number of hydrogen-bond donors (Lipinski definition) is 1. The topological polar surface area (TPSA) is 87.4 Å². The molecule has 0 fully saturated rings. The molecular weight excluding hydrogens is 290 g/mol. The highest BCUT2D eigenvalue weighted by molar-refractivity contribution is 6.32. The summed E-state index contributed by atoms with van der Waals surface area (Å²) in [5.41, 5.74) is 0.780. The first kappa shape index (κ1) is 13.1. The molecule has 7 heteroatoms. The molecule has 1 N–H and O–H groups in total. The molecule has 6 nitrogen and oxygen atoms in total. The smallest absolute Gasteiger partial charge is 0.282 e. The fraction of sp³-hybridized carbons (Fsp3) is 0. The number of hydrogen-bond acceptors (Lipinski definition) is 4. The van der Waals surface area contributed by atoms with E-state index >= 15 is 0 Å². The average molecular weight is 298 g/mol. The van der Waals surface area contributed by atoms with Gasteiger partial charge >= 0.3 is 0 Å². The fourth-order valence-electron chi connectivity index (χ4n) is 1.94. The summed E-state index contributed by atoms with van der Waals surface area (Å²) in [5.74, 6) is 0.362.